The number of nitrogens with one attached hydrogen (secondary N) is 1. The van der Waals surface area contributed by atoms with Gasteiger partial charge in [0.15, 0.2) is 0 Å². The molecule has 0 spiro atoms. The van der Waals surface area contributed by atoms with Crippen LogP contribution in [0.3, 0.4) is 0 Å². The van der Waals surface area contributed by atoms with Crippen molar-refractivity contribution in [2.24, 2.45) is 0 Å². The largest absolute Gasteiger partial charge is 0.489 e. The number of methoxy groups -OCH3 is 1. The van der Waals surface area contributed by atoms with E-state index in [0.717, 1.165) is 5.56 Å². The number of benzene rings is 1. The fourth-order valence-corrected chi connectivity index (χ4v) is 2.37. The molecule has 0 aromatic heterocycles. The molecular formula is C16H21NO5. The molecule has 0 saturated carbocycles. The average Bonchev–Trinajstić information content (AvgIpc) is 2.97. The zero-order valence-corrected chi connectivity index (χ0v) is 12.8. The van der Waals surface area contributed by atoms with Gasteiger partial charge in [-0.1, -0.05) is 12.1 Å². The summed E-state index contributed by atoms with van der Waals surface area (Å²) in [6.07, 6.45) is 0.765. The van der Waals surface area contributed by atoms with Gasteiger partial charge in [0.1, 0.15) is 17.9 Å². The van der Waals surface area contributed by atoms with Gasteiger partial charge in [-0.15, -0.1) is 0 Å². The second-order valence-electron chi connectivity index (χ2n) is 5.09. The fraction of sp³-hybridized carbons (Fsp3) is 0.500. The lowest BCUT2D eigenvalue weighted by Crippen LogP contribution is -2.31. The molecule has 0 radical (unpaired) electrons. The summed E-state index contributed by atoms with van der Waals surface area (Å²) in [7, 11) is 1.38. The highest BCUT2D eigenvalue weighted by molar-refractivity contribution is 5.76. The van der Waals surface area contributed by atoms with Crippen molar-refractivity contribution < 1.29 is 23.8 Å². The first kappa shape index (κ1) is 16.3. The van der Waals surface area contributed by atoms with Gasteiger partial charge in [0.25, 0.3) is 0 Å². The van der Waals surface area contributed by atoms with Crippen LogP contribution in [0.25, 0.3) is 0 Å². The monoisotopic (exact) mass is 307 g/mol. The molecule has 0 aliphatic carbocycles. The van der Waals surface area contributed by atoms with Crippen LogP contribution in [0.1, 0.15) is 18.9 Å². The molecule has 6 nitrogen and oxygen atoms in total. The van der Waals surface area contributed by atoms with Gasteiger partial charge in [0.2, 0.25) is 0 Å². The van der Waals surface area contributed by atoms with E-state index in [0.29, 0.717) is 25.3 Å². The summed E-state index contributed by atoms with van der Waals surface area (Å²) in [6.45, 7) is 2.77. The molecule has 1 aromatic carbocycles. The van der Waals surface area contributed by atoms with E-state index in [4.69, 9.17) is 14.2 Å². The van der Waals surface area contributed by atoms with E-state index in [9.17, 15) is 9.59 Å². The van der Waals surface area contributed by atoms with Gasteiger partial charge < -0.3 is 19.5 Å². The van der Waals surface area contributed by atoms with Gasteiger partial charge in [-0.25, -0.2) is 0 Å². The standard InChI is InChI=1S/C16H21NO5/c1-3-21-15(18)8-11-4-6-12(7-5-11)22-13-9-14(17-10-13)16(19)20-2/h4-7,13-14,17H,3,8-10H2,1-2H3/t13-,14-/m0/s1. The molecule has 6 heteroatoms. The summed E-state index contributed by atoms with van der Waals surface area (Å²) < 4.78 is 15.4. The topological polar surface area (TPSA) is 73.9 Å². The highest BCUT2D eigenvalue weighted by Crippen LogP contribution is 2.19. The summed E-state index contributed by atoms with van der Waals surface area (Å²) in [4.78, 5) is 22.8. The highest BCUT2D eigenvalue weighted by atomic mass is 16.5. The molecule has 1 aromatic rings. The van der Waals surface area contributed by atoms with E-state index in [-0.39, 0.29) is 30.5 Å². The average molecular weight is 307 g/mol. The van der Waals surface area contributed by atoms with E-state index in [1.807, 2.05) is 24.3 Å². The molecule has 2 atom stereocenters. The molecule has 1 saturated heterocycles. The molecule has 0 unspecified atom stereocenters. The van der Waals surface area contributed by atoms with Crippen LogP contribution < -0.4 is 10.1 Å². The van der Waals surface area contributed by atoms with E-state index in [1.165, 1.54) is 7.11 Å². The lowest BCUT2D eigenvalue weighted by atomic mass is 10.1. The van der Waals surface area contributed by atoms with Crippen LogP contribution >= 0.6 is 0 Å². The smallest absolute Gasteiger partial charge is 0.323 e. The summed E-state index contributed by atoms with van der Waals surface area (Å²) in [6, 6.07) is 7.01. The second kappa shape index (κ2) is 7.79. The molecule has 1 aliphatic rings. The van der Waals surface area contributed by atoms with Gasteiger partial charge in [-0.05, 0) is 24.6 Å². The van der Waals surface area contributed by atoms with Crippen LogP contribution in [0, 0.1) is 0 Å². The predicted molar refractivity (Wildman–Crippen MR) is 79.6 cm³/mol. The maximum atomic E-state index is 11.4. The van der Waals surface area contributed by atoms with E-state index >= 15 is 0 Å². The maximum Gasteiger partial charge on any atom is 0.323 e. The zero-order valence-electron chi connectivity index (χ0n) is 12.8. The quantitative estimate of drug-likeness (QED) is 0.793. The maximum absolute atomic E-state index is 11.4. The number of ether oxygens (including phenoxy) is 3. The Morgan fingerprint density at radius 2 is 2.00 bits per heavy atom. The Labute approximate surface area is 129 Å². The molecule has 1 fully saturated rings. The number of esters is 2. The first-order valence-corrected chi connectivity index (χ1v) is 7.34. The Balaban J connectivity index is 1.84. The summed E-state index contributed by atoms with van der Waals surface area (Å²) in [5.41, 5.74) is 0.878. The van der Waals surface area contributed by atoms with Crippen LogP contribution in [0.2, 0.25) is 0 Å². The van der Waals surface area contributed by atoms with E-state index in [1.54, 1.807) is 6.92 Å². The fourth-order valence-electron chi connectivity index (χ4n) is 2.37. The Hall–Kier alpha value is -2.08. The second-order valence-corrected chi connectivity index (χ2v) is 5.09. The Morgan fingerprint density at radius 1 is 1.27 bits per heavy atom. The van der Waals surface area contributed by atoms with Gasteiger partial charge in [0, 0.05) is 13.0 Å². The minimum atomic E-state index is -0.307. The number of hydrogen-bond acceptors (Lipinski definition) is 6. The van der Waals surface area contributed by atoms with Gasteiger partial charge in [0.05, 0.1) is 20.1 Å². The van der Waals surface area contributed by atoms with Crippen molar-refractivity contribution in [1.82, 2.24) is 5.32 Å². The third-order valence-corrected chi connectivity index (χ3v) is 3.46. The van der Waals surface area contributed by atoms with Crippen molar-refractivity contribution in [3.63, 3.8) is 0 Å². The molecule has 22 heavy (non-hydrogen) atoms. The molecule has 1 aliphatic heterocycles. The molecular weight excluding hydrogens is 286 g/mol. The van der Waals surface area contributed by atoms with Crippen molar-refractivity contribution >= 4 is 11.9 Å². The third-order valence-electron chi connectivity index (χ3n) is 3.46. The molecule has 2 rings (SSSR count). The van der Waals surface area contributed by atoms with Crippen LogP contribution in [0.15, 0.2) is 24.3 Å². The number of hydrogen-bond donors (Lipinski definition) is 1. The normalized spacial score (nSPS) is 20.5. The van der Waals surface area contributed by atoms with Crippen molar-refractivity contribution in [1.29, 1.82) is 0 Å². The van der Waals surface area contributed by atoms with Gasteiger partial charge in [-0.2, -0.15) is 0 Å². The molecule has 1 heterocycles. The van der Waals surface area contributed by atoms with Gasteiger partial charge >= 0.3 is 11.9 Å². The van der Waals surface area contributed by atoms with Crippen molar-refractivity contribution in [2.45, 2.75) is 31.9 Å². The van der Waals surface area contributed by atoms with Crippen molar-refractivity contribution in [2.75, 3.05) is 20.3 Å². The number of carbonyl (C=O) groups excluding carboxylic acids is 2. The summed E-state index contributed by atoms with van der Waals surface area (Å²) in [5.74, 6) is 0.206. The molecule has 0 bridgehead atoms. The molecule has 0 amide bonds. The van der Waals surface area contributed by atoms with Gasteiger partial charge in [-0.3, -0.25) is 9.59 Å². The lowest BCUT2D eigenvalue weighted by Gasteiger charge is -2.13. The molecule has 1 N–H and O–H groups in total. The first-order valence-electron chi connectivity index (χ1n) is 7.34. The van der Waals surface area contributed by atoms with Crippen LogP contribution in [0.4, 0.5) is 0 Å². The SMILES string of the molecule is CCOC(=O)Cc1ccc(O[C@@H]2CN[C@H](C(=O)OC)C2)cc1. The minimum Gasteiger partial charge on any atom is -0.489 e. The highest BCUT2D eigenvalue weighted by Gasteiger charge is 2.31. The van der Waals surface area contributed by atoms with Crippen LogP contribution in [0.5, 0.6) is 5.75 Å². The van der Waals surface area contributed by atoms with Crippen molar-refractivity contribution in [3.05, 3.63) is 29.8 Å². The number of rotatable bonds is 6. The van der Waals surface area contributed by atoms with E-state index < -0.39 is 0 Å². The first-order chi connectivity index (χ1) is 10.6. The minimum absolute atomic E-state index is 0.0694. The third kappa shape index (κ3) is 4.46. The van der Waals surface area contributed by atoms with Crippen molar-refractivity contribution in [3.8, 4) is 5.75 Å². The van der Waals surface area contributed by atoms with E-state index in [2.05, 4.69) is 5.32 Å². The van der Waals surface area contributed by atoms with Crippen LogP contribution in [-0.4, -0.2) is 44.3 Å². The van der Waals surface area contributed by atoms with Crippen LogP contribution in [-0.2, 0) is 25.5 Å². The lowest BCUT2D eigenvalue weighted by molar-refractivity contribution is -0.143. The summed E-state index contributed by atoms with van der Waals surface area (Å²) >= 11 is 0. The Morgan fingerprint density at radius 3 is 2.64 bits per heavy atom. The Bertz CT molecular complexity index is 514. The summed E-state index contributed by atoms with van der Waals surface area (Å²) in [5, 5.41) is 3.07. The Kier molecular flexibility index (Phi) is 5.77. The zero-order chi connectivity index (χ0) is 15.9. The molecule has 120 valence electrons. The predicted octanol–water partition coefficient (Wildman–Crippen LogP) is 1.07. The number of carbonyl (C=O) groups is 2.